The van der Waals surface area contributed by atoms with Crippen LogP contribution in [0.25, 0.3) is 0 Å². The molecule has 0 unspecified atom stereocenters. The van der Waals surface area contributed by atoms with Crippen LogP contribution in [0, 0.1) is 0 Å². The number of thiophene rings is 1. The largest absolute Gasteiger partial charge is 0.477 e. The molecule has 0 fully saturated rings. The Balaban J connectivity index is 2.44. The van der Waals surface area contributed by atoms with E-state index in [0.717, 1.165) is 11.3 Å². The minimum absolute atomic E-state index is 0.00523. The molecule has 2 aromatic heterocycles. The molecule has 0 aliphatic heterocycles. The second kappa shape index (κ2) is 5.59. The van der Waals surface area contributed by atoms with E-state index in [1.165, 1.54) is 28.1 Å². The Hall–Kier alpha value is -1.93. The first kappa shape index (κ1) is 14.5. The zero-order valence-electron chi connectivity index (χ0n) is 10.6. The number of sulfonamides is 1. The number of carbonyl (C=O) groups is 1. The number of aromatic nitrogens is 1. The Kier molecular flexibility index (Phi) is 4.05. The van der Waals surface area contributed by atoms with Gasteiger partial charge in [0.05, 0.1) is 10.6 Å². The minimum atomic E-state index is -3.76. The van der Waals surface area contributed by atoms with Gasteiger partial charge in [0.15, 0.2) is 0 Å². The Bertz CT molecular complexity index is 710. The Morgan fingerprint density at radius 1 is 1.40 bits per heavy atom. The van der Waals surface area contributed by atoms with Gasteiger partial charge in [-0.3, -0.25) is 9.29 Å². The van der Waals surface area contributed by atoms with Gasteiger partial charge in [-0.05, 0) is 25.1 Å². The molecular weight excluding hydrogens is 300 g/mol. The van der Waals surface area contributed by atoms with Crippen molar-refractivity contribution in [2.45, 2.75) is 11.8 Å². The van der Waals surface area contributed by atoms with Gasteiger partial charge in [-0.2, -0.15) is 0 Å². The maximum Gasteiger partial charge on any atom is 0.345 e. The standard InChI is InChI=1S/C12H12N2O4S2/c1-2-14(9-3-5-13-6-4-9)20(17,18)10-7-11(12(15)16)19-8-10/h3-8H,2H2,1H3,(H,15,16). The summed E-state index contributed by atoms with van der Waals surface area (Å²) in [7, 11) is -3.76. The lowest BCUT2D eigenvalue weighted by Crippen LogP contribution is -2.30. The third-order valence-electron chi connectivity index (χ3n) is 2.61. The highest BCUT2D eigenvalue weighted by Crippen LogP contribution is 2.26. The lowest BCUT2D eigenvalue weighted by atomic mass is 10.4. The second-order valence-electron chi connectivity index (χ2n) is 3.83. The third kappa shape index (κ3) is 2.66. The van der Waals surface area contributed by atoms with E-state index in [1.807, 2.05) is 0 Å². The molecule has 0 radical (unpaired) electrons. The van der Waals surface area contributed by atoms with Gasteiger partial charge in [0.2, 0.25) is 0 Å². The van der Waals surface area contributed by atoms with Crippen molar-refractivity contribution in [1.29, 1.82) is 0 Å². The summed E-state index contributed by atoms with van der Waals surface area (Å²) in [5.74, 6) is -1.14. The maximum atomic E-state index is 12.5. The number of nitrogens with zero attached hydrogens (tertiary/aromatic N) is 2. The number of rotatable bonds is 5. The molecule has 0 spiro atoms. The summed E-state index contributed by atoms with van der Waals surface area (Å²) in [6.07, 6.45) is 3.01. The van der Waals surface area contributed by atoms with Crippen molar-refractivity contribution in [2.24, 2.45) is 0 Å². The second-order valence-corrected chi connectivity index (χ2v) is 6.60. The first-order valence-electron chi connectivity index (χ1n) is 5.71. The van der Waals surface area contributed by atoms with Gasteiger partial charge in [0.1, 0.15) is 4.88 Å². The summed E-state index contributed by atoms with van der Waals surface area (Å²) in [5, 5.41) is 10.2. The minimum Gasteiger partial charge on any atom is -0.477 e. The van der Waals surface area contributed by atoms with Gasteiger partial charge in [0.25, 0.3) is 10.0 Å². The van der Waals surface area contributed by atoms with Gasteiger partial charge in [-0.25, -0.2) is 13.2 Å². The van der Waals surface area contributed by atoms with E-state index in [4.69, 9.17) is 5.11 Å². The zero-order valence-corrected chi connectivity index (χ0v) is 12.2. The van der Waals surface area contributed by atoms with E-state index in [9.17, 15) is 13.2 Å². The molecule has 0 atom stereocenters. The predicted molar refractivity (Wildman–Crippen MR) is 75.7 cm³/mol. The molecule has 2 rings (SSSR count). The molecule has 2 aromatic rings. The van der Waals surface area contributed by atoms with Gasteiger partial charge in [-0.1, -0.05) is 0 Å². The van der Waals surface area contributed by atoms with Gasteiger partial charge in [0, 0.05) is 24.3 Å². The van der Waals surface area contributed by atoms with Crippen LogP contribution in [0.3, 0.4) is 0 Å². The summed E-state index contributed by atoms with van der Waals surface area (Å²) in [6.45, 7) is 1.95. The van der Waals surface area contributed by atoms with E-state index in [2.05, 4.69) is 4.98 Å². The number of hydrogen-bond donors (Lipinski definition) is 1. The smallest absolute Gasteiger partial charge is 0.345 e. The maximum absolute atomic E-state index is 12.5. The quantitative estimate of drug-likeness (QED) is 0.913. The Morgan fingerprint density at radius 2 is 2.05 bits per heavy atom. The van der Waals surface area contributed by atoms with E-state index < -0.39 is 16.0 Å². The van der Waals surface area contributed by atoms with Crippen LogP contribution in [-0.4, -0.2) is 31.0 Å². The van der Waals surface area contributed by atoms with Crippen LogP contribution < -0.4 is 4.31 Å². The number of pyridine rings is 1. The zero-order chi connectivity index (χ0) is 14.8. The predicted octanol–water partition coefficient (Wildman–Crippen LogP) is 2.06. The number of carboxylic acid groups (broad SMARTS) is 1. The van der Waals surface area contributed by atoms with Crippen molar-refractivity contribution in [3.63, 3.8) is 0 Å². The van der Waals surface area contributed by atoms with Crippen molar-refractivity contribution in [3.8, 4) is 0 Å². The van der Waals surface area contributed by atoms with E-state index in [0.29, 0.717) is 5.69 Å². The van der Waals surface area contributed by atoms with Crippen molar-refractivity contribution in [1.82, 2.24) is 4.98 Å². The van der Waals surface area contributed by atoms with Crippen LogP contribution in [-0.2, 0) is 10.0 Å². The summed E-state index contributed by atoms with van der Waals surface area (Å²) in [4.78, 5) is 14.7. The van der Waals surface area contributed by atoms with E-state index >= 15 is 0 Å². The van der Waals surface area contributed by atoms with Crippen LogP contribution in [0.2, 0.25) is 0 Å². The number of anilines is 1. The average Bonchev–Trinajstić information content (AvgIpc) is 2.91. The Morgan fingerprint density at radius 3 is 2.55 bits per heavy atom. The molecule has 0 saturated heterocycles. The fraction of sp³-hybridized carbons (Fsp3) is 0.167. The van der Waals surface area contributed by atoms with Crippen LogP contribution in [0.5, 0.6) is 0 Å². The molecule has 6 nitrogen and oxygen atoms in total. The molecule has 2 heterocycles. The summed E-state index contributed by atoms with van der Waals surface area (Å²) < 4.78 is 26.2. The first-order valence-corrected chi connectivity index (χ1v) is 8.03. The molecule has 0 saturated carbocycles. The SMILES string of the molecule is CCN(c1ccncc1)S(=O)(=O)c1csc(C(=O)O)c1. The number of hydrogen-bond acceptors (Lipinski definition) is 5. The third-order valence-corrected chi connectivity index (χ3v) is 5.56. The first-order chi connectivity index (χ1) is 9.46. The molecule has 0 aliphatic rings. The molecule has 0 aliphatic carbocycles. The molecule has 20 heavy (non-hydrogen) atoms. The number of aromatic carboxylic acids is 1. The lowest BCUT2D eigenvalue weighted by molar-refractivity contribution is 0.0702. The van der Waals surface area contributed by atoms with E-state index in [1.54, 1.807) is 19.1 Å². The highest BCUT2D eigenvalue weighted by Gasteiger charge is 2.25. The fourth-order valence-electron chi connectivity index (χ4n) is 1.70. The van der Waals surface area contributed by atoms with Crippen molar-refractivity contribution in [2.75, 3.05) is 10.8 Å². The fourth-order valence-corrected chi connectivity index (χ4v) is 4.27. The molecular formula is C12H12N2O4S2. The molecule has 106 valence electrons. The molecule has 8 heteroatoms. The summed E-state index contributed by atoms with van der Waals surface area (Å²) in [5.41, 5.74) is 0.491. The average molecular weight is 312 g/mol. The summed E-state index contributed by atoms with van der Waals surface area (Å²) in [6, 6.07) is 4.35. The van der Waals surface area contributed by atoms with Crippen molar-refractivity contribution in [3.05, 3.63) is 40.8 Å². The van der Waals surface area contributed by atoms with E-state index in [-0.39, 0.29) is 16.3 Å². The highest BCUT2D eigenvalue weighted by atomic mass is 32.2. The van der Waals surface area contributed by atoms with Gasteiger partial charge >= 0.3 is 5.97 Å². The highest BCUT2D eigenvalue weighted by molar-refractivity contribution is 7.93. The molecule has 0 aromatic carbocycles. The van der Waals surface area contributed by atoms with Crippen LogP contribution >= 0.6 is 11.3 Å². The van der Waals surface area contributed by atoms with Crippen LogP contribution in [0.15, 0.2) is 40.9 Å². The van der Waals surface area contributed by atoms with Gasteiger partial charge < -0.3 is 5.11 Å². The Labute approximate surface area is 120 Å². The van der Waals surface area contributed by atoms with Crippen molar-refractivity contribution >= 4 is 33.0 Å². The molecule has 1 N–H and O–H groups in total. The normalized spacial score (nSPS) is 11.2. The van der Waals surface area contributed by atoms with Crippen LogP contribution in [0.4, 0.5) is 5.69 Å². The topological polar surface area (TPSA) is 87.6 Å². The summed E-state index contributed by atoms with van der Waals surface area (Å²) >= 11 is 0.890. The van der Waals surface area contributed by atoms with Gasteiger partial charge in [-0.15, -0.1) is 11.3 Å². The van der Waals surface area contributed by atoms with Crippen molar-refractivity contribution < 1.29 is 18.3 Å². The monoisotopic (exact) mass is 312 g/mol. The lowest BCUT2D eigenvalue weighted by Gasteiger charge is -2.21. The van der Waals surface area contributed by atoms with Crippen LogP contribution in [0.1, 0.15) is 16.6 Å². The number of carboxylic acids is 1. The molecule has 0 bridgehead atoms. The molecule has 0 amide bonds.